The van der Waals surface area contributed by atoms with Crippen LogP contribution >= 0.6 is 0 Å². The average Bonchev–Trinajstić information content (AvgIpc) is 2.95. The SMILES string of the molecule is CC(NS(=O)(=O)c1ccc2c(c1)CCN2)c1cccnc1. The minimum atomic E-state index is -3.53. The van der Waals surface area contributed by atoms with Crippen molar-refractivity contribution in [2.45, 2.75) is 24.3 Å². The highest BCUT2D eigenvalue weighted by atomic mass is 32.2. The van der Waals surface area contributed by atoms with Crippen LogP contribution in [-0.4, -0.2) is 19.9 Å². The molecule has 1 aromatic carbocycles. The minimum absolute atomic E-state index is 0.306. The van der Waals surface area contributed by atoms with E-state index in [2.05, 4.69) is 15.0 Å². The molecule has 0 bridgehead atoms. The quantitative estimate of drug-likeness (QED) is 0.907. The lowest BCUT2D eigenvalue weighted by Crippen LogP contribution is -2.27. The first-order chi connectivity index (χ1) is 10.1. The summed E-state index contributed by atoms with van der Waals surface area (Å²) in [6, 6.07) is 8.53. The fraction of sp³-hybridized carbons (Fsp3) is 0.267. The van der Waals surface area contributed by atoms with Gasteiger partial charge in [-0.25, -0.2) is 13.1 Å². The molecular weight excluding hydrogens is 286 g/mol. The predicted octanol–water partition coefficient (Wildman–Crippen LogP) is 2.09. The molecule has 6 heteroatoms. The molecule has 1 aliphatic rings. The highest BCUT2D eigenvalue weighted by molar-refractivity contribution is 7.89. The summed E-state index contributed by atoms with van der Waals surface area (Å²) in [5.41, 5.74) is 2.91. The maximum absolute atomic E-state index is 12.5. The second-order valence-corrected chi connectivity index (χ2v) is 6.84. The van der Waals surface area contributed by atoms with Crippen LogP contribution in [0, 0.1) is 0 Å². The Hall–Kier alpha value is -1.92. The van der Waals surface area contributed by atoms with Gasteiger partial charge in [-0.3, -0.25) is 4.98 Å². The molecule has 2 N–H and O–H groups in total. The number of pyridine rings is 1. The van der Waals surface area contributed by atoms with Gasteiger partial charge < -0.3 is 5.32 Å². The van der Waals surface area contributed by atoms with Crippen molar-refractivity contribution in [2.75, 3.05) is 11.9 Å². The average molecular weight is 303 g/mol. The molecule has 2 heterocycles. The van der Waals surface area contributed by atoms with Crippen LogP contribution in [-0.2, 0) is 16.4 Å². The third-order valence-electron chi connectivity index (χ3n) is 3.61. The Morgan fingerprint density at radius 3 is 2.95 bits per heavy atom. The van der Waals surface area contributed by atoms with Crippen LogP contribution < -0.4 is 10.0 Å². The Kier molecular flexibility index (Phi) is 3.65. The summed E-state index contributed by atoms with van der Waals surface area (Å²) in [5.74, 6) is 0. The number of sulfonamides is 1. The van der Waals surface area contributed by atoms with E-state index < -0.39 is 10.0 Å². The topological polar surface area (TPSA) is 71.1 Å². The number of fused-ring (bicyclic) bond motifs is 1. The first-order valence-electron chi connectivity index (χ1n) is 6.85. The van der Waals surface area contributed by atoms with Crippen molar-refractivity contribution in [3.05, 3.63) is 53.9 Å². The van der Waals surface area contributed by atoms with Crippen molar-refractivity contribution in [3.8, 4) is 0 Å². The zero-order valence-electron chi connectivity index (χ0n) is 11.7. The normalized spacial score (nSPS) is 15.3. The van der Waals surface area contributed by atoms with Crippen LogP contribution in [0.5, 0.6) is 0 Å². The molecule has 5 nitrogen and oxygen atoms in total. The number of rotatable bonds is 4. The Morgan fingerprint density at radius 1 is 1.33 bits per heavy atom. The molecule has 21 heavy (non-hydrogen) atoms. The van der Waals surface area contributed by atoms with Gasteiger partial charge in [0, 0.05) is 30.7 Å². The second kappa shape index (κ2) is 5.46. The second-order valence-electron chi connectivity index (χ2n) is 5.13. The van der Waals surface area contributed by atoms with E-state index in [9.17, 15) is 8.42 Å². The van der Waals surface area contributed by atoms with Gasteiger partial charge in [0.05, 0.1) is 4.90 Å². The van der Waals surface area contributed by atoms with Crippen molar-refractivity contribution in [3.63, 3.8) is 0 Å². The summed E-state index contributed by atoms with van der Waals surface area (Å²) in [6.45, 7) is 2.67. The molecule has 0 radical (unpaired) electrons. The fourth-order valence-electron chi connectivity index (χ4n) is 2.45. The number of benzene rings is 1. The van der Waals surface area contributed by atoms with Gasteiger partial charge >= 0.3 is 0 Å². The molecule has 0 saturated heterocycles. The van der Waals surface area contributed by atoms with Gasteiger partial charge in [-0.2, -0.15) is 0 Å². The van der Waals surface area contributed by atoms with E-state index in [-0.39, 0.29) is 6.04 Å². The molecule has 1 aliphatic heterocycles. The third kappa shape index (κ3) is 2.91. The van der Waals surface area contributed by atoms with Crippen LogP contribution in [0.2, 0.25) is 0 Å². The number of anilines is 1. The van der Waals surface area contributed by atoms with Gasteiger partial charge in [0.25, 0.3) is 0 Å². The van der Waals surface area contributed by atoms with Gasteiger partial charge in [0.2, 0.25) is 10.0 Å². The fourth-order valence-corrected chi connectivity index (χ4v) is 3.73. The first-order valence-corrected chi connectivity index (χ1v) is 8.34. The summed E-state index contributed by atoms with van der Waals surface area (Å²) in [5, 5.41) is 3.22. The molecule has 0 aliphatic carbocycles. The van der Waals surface area contributed by atoms with Crippen LogP contribution in [0.3, 0.4) is 0 Å². The number of hydrogen-bond donors (Lipinski definition) is 2. The predicted molar refractivity (Wildman–Crippen MR) is 81.6 cm³/mol. The molecule has 1 unspecified atom stereocenters. The van der Waals surface area contributed by atoms with Crippen molar-refractivity contribution in [1.29, 1.82) is 0 Å². The van der Waals surface area contributed by atoms with Crippen molar-refractivity contribution >= 4 is 15.7 Å². The minimum Gasteiger partial charge on any atom is -0.384 e. The monoisotopic (exact) mass is 303 g/mol. The zero-order valence-corrected chi connectivity index (χ0v) is 12.5. The molecule has 1 atom stereocenters. The van der Waals surface area contributed by atoms with E-state index in [1.165, 1.54) is 0 Å². The van der Waals surface area contributed by atoms with Crippen LogP contribution in [0.4, 0.5) is 5.69 Å². The van der Waals surface area contributed by atoms with Crippen molar-refractivity contribution in [1.82, 2.24) is 9.71 Å². The van der Waals surface area contributed by atoms with E-state index >= 15 is 0 Å². The Labute approximate surface area is 124 Å². The molecule has 2 aromatic rings. The Balaban J connectivity index is 1.84. The molecule has 110 valence electrons. The van der Waals surface area contributed by atoms with Gasteiger partial charge in [0.1, 0.15) is 0 Å². The summed E-state index contributed by atoms with van der Waals surface area (Å²) in [6.07, 6.45) is 4.19. The first kappa shape index (κ1) is 14.0. The summed E-state index contributed by atoms with van der Waals surface area (Å²) in [4.78, 5) is 4.32. The standard InChI is InChI=1S/C15H17N3O2S/c1-11(13-3-2-7-16-10-13)18-21(19,20)14-4-5-15-12(9-14)6-8-17-15/h2-5,7,9-11,17-18H,6,8H2,1H3. The highest BCUT2D eigenvalue weighted by Crippen LogP contribution is 2.25. The van der Waals surface area contributed by atoms with E-state index in [1.807, 2.05) is 19.1 Å². The number of nitrogens with one attached hydrogen (secondary N) is 2. The molecular formula is C15H17N3O2S. The van der Waals surface area contributed by atoms with E-state index in [1.54, 1.807) is 30.6 Å². The van der Waals surface area contributed by atoms with Crippen LogP contribution in [0.1, 0.15) is 24.1 Å². The van der Waals surface area contributed by atoms with Crippen LogP contribution in [0.25, 0.3) is 0 Å². The van der Waals surface area contributed by atoms with Crippen LogP contribution in [0.15, 0.2) is 47.6 Å². The third-order valence-corrected chi connectivity index (χ3v) is 5.15. The van der Waals surface area contributed by atoms with Gasteiger partial charge in [0.15, 0.2) is 0 Å². The summed E-state index contributed by atoms with van der Waals surface area (Å²) < 4.78 is 27.6. The van der Waals surface area contributed by atoms with Crippen molar-refractivity contribution < 1.29 is 8.42 Å². The Bertz CT molecular complexity index is 745. The number of nitrogens with zero attached hydrogens (tertiary/aromatic N) is 1. The zero-order chi connectivity index (χ0) is 14.9. The number of hydrogen-bond acceptors (Lipinski definition) is 4. The lowest BCUT2D eigenvalue weighted by atomic mass is 10.2. The largest absolute Gasteiger partial charge is 0.384 e. The van der Waals surface area contributed by atoms with Gasteiger partial charge in [-0.1, -0.05) is 6.07 Å². The smallest absolute Gasteiger partial charge is 0.241 e. The van der Waals surface area contributed by atoms with Crippen molar-refractivity contribution in [2.24, 2.45) is 0 Å². The molecule has 0 fully saturated rings. The molecule has 0 spiro atoms. The van der Waals surface area contributed by atoms with E-state index in [4.69, 9.17) is 0 Å². The molecule has 0 amide bonds. The lowest BCUT2D eigenvalue weighted by molar-refractivity contribution is 0.566. The molecule has 3 rings (SSSR count). The Morgan fingerprint density at radius 2 is 2.19 bits per heavy atom. The summed E-state index contributed by atoms with van der Waals surface area (Å²) >= 11 is 0. The molecule has 1 aromatic heterocycles. The maximum atomic E-state index is 12.5. The lowest BCUT2D eigenvalue weighted by Gasteiger charge is -2.14. The maximum Gasteiger partial charge on any atom is 0.241 e. The molecule has 0 saturated carbocycles. The van der Waals surface area contributed by atoms with E-state index in [0.29, 0.717) is 4.90 Å². The highest BCUT2D eigenvalue weighted by Gasteiger charge is 2.20. The number of aromatic nitrogens is 1. The van der Waals surface area contributed by atoms with E-state index in [0.717, 1.165) is 29.8 Å². The van der Waals surface area contributed by atoms with Gasteiger partial charge in [-0.15, -0.1) is 0 Å². The summed E-state index contributed by atoms with van der Waals surface area (Å²) in [7, 11) is -3.53. The van der Waals surface area contributed by atoms with Gasteiger partial charge in [-0.05, 0) is 48.7 Å².